The molecule has 0 bridgehead atoms. The topological polar surface area (TPSA) is 52.6 Å². The molecule has 0 aromatic carbocycles. The van der Waals surface area contributed by atoms with Gasteiger partial charge in [0.15, 0.2) is 0 Å². The summed E-state index contributed by atoms with van der Waals surface area (Å²) in [4.78, 5) is 15.1. The van der Waals surface area contributed by atoms with Gasteiger partial charge in [-0.1, -0.05) is 25.0 Å². The molecule has 0 heterocycles. The Morgan fingerprint density at radius 1 is 0.941 bits per heavy atom. The van der Waals surface area contributed by atoms with Gasteiger partial charge in [-0.2, -0.15) is 0 Å². The van der Waals surface area contributed by atoms with Gasteiger partial charge >= 0.3 is 0 Å². The van der Waals surface area contributed by atoms with Crippen LogP contribution in [-0.4, -0.2) is 48.2 Å². The van der Waals surface area contributed by atoms with Gasteiger partial charge < -0.3 is 15.3 Å². The monoisotopic (exact) mass is 472 g/mol. The Labute approximate surface area is 209 Å². The third-order valence-electron chi connectivity index (χ3n) is 11.9. The predicted molar refractivity (Wildman–Crippen MR) is 140 cm³/mol. The maximum absolute atomic E-state index is 12.7. The summed E-state index contributed by atoms with van der Waals surface area (Å²) in [5, 5.41) is 14.7. The fraction of sp³-hybridized carbons (Fsp3) is 0.900. The molecule has 0 aliphatic heterocycles. The van der Waals surface area contributed by atoms with E-state index in [1.165, 1.54) is 37.7 Å². The van der Waals surface area contributed by atoms with Crippen LogP contribution < -0.4 is 5.32 Å². The normalized spacial score (nSPS) is 44.6. The number of nitrogens with zero attached hydrogens (tertiary/aromatic N) is 1. The Bertz CT molecular complexity index is 802. The maximum Gasteiger partial charge on any atom is 0.224 e. The third-order valence-corrected chi connectivity index (χ3v) is 11.9. The van der Waals surface area contributed by atoms with Gasteiger partial charge in [-0.3, -0.25) is 4.79 Å². The molecule has 0 radical (unpaired) electrons. The first-order valence-corrected chi connectivity index (χ1v) is 14.2. The second-order valence-electron chi connectivity index (χ2n) is 13.7. The number of carbonyl (C=O) groups excluding carboxylic acids is 1. The van der Waals surface area contributed by atoms with Gasteiger partial charge in [0.2, 0.25) is 5.91 Å². The minimum Gasteiger partial charge on any atom is -0.391 e. The predicted octanol–water partition coefficient (Wildman–Crippen LogP) is 5.80. The van der Waals surface area contributed by atoms with Crippen molar-refractivity contribution in [2.75, 3.05) is 14.1 Å². The molecule has 4 aliphatic rings. The quantitative estimate of drug-likeness (QED) is 0.497. The van der Waals surface area contributed by atoms with Crippen molar-refractivity contribution in [3.05, 3.63) is 11.1 Å². The standard InChI is InChI=1S/C30H52N2O2/c1-18(2)19(3)17-27(33)31-26-14-16-30(6)24-13-15-29(5)22(20(4)32(7)8)11-12-23(29)21(24)9-10-25(30)28(26)34/h20-26,28,34H,9-17H2,1-8H3,(H,31,33)/t20-,21-,22+,23-,24-,25?,26-,28+,29+,30+/m0/s1. The Hall–Kier alpha value is -0.870. The summed E-state index contributed by atoms with van der Waals surface area (Å²) in [5.41, 5.74) is 3.03. The molecule has 1 amide bonds. The van der Waals surface area contributed by atoms with Gasteiger partial charge in [0.1, 0.15) is 0 Å². The van der Waals surface area contributed by atoms with Crippen LogP contribution in [0.4, 0.5) is 0 Å². The van der Waals surface area contributed by atoms with Crippen molar-refractivity contribution in [3.8, 4) is 0 Å². The Kier molecular flexibility index (Phi) is 7.35. The summed E-state index contributed by atoms with van der Waals surface area (Å²) in [7, 11) is 4.50. The smallest absolute Gasteiger partial charge is 0.224 e. The van der Waals surface area contributed by atoms with Crippen LogP contribution in [0.15, 0.2) is 11.1 Å². The molecule has 0 saturated heterocycles. The van der Waals surface area contributed by atoms with E-state index in [-0.39, 0.29) is 17.4 Å². The third kappa shape index (κ3) is 4.29. The number of hydrogen-bond acceptors (Lipinski definition) is 3. The first-order chi connectivity index (χ1) is 15.9. The largest absolute Gasteiger partial charge is 0.391 e. The van der Waals surface area contributed by atoms with Crippen LogP contribution in [0.5, 0.6) is 0 Å². The highest BCUT2D eigenvalue weighted by atomic mass is 16.3. The molecule has 4 heteroatoms. The summed E-state index contributed by atoms with van der Waals surface area (Å²) < 4.78 is 0. The molecule has 34 heavy (non-hydrogen) atoms. The SMILES string of the molecule is CC(C)=C(C)CC(=O)N[C@H]1CC[C@@]2(C)C(CC[C@H]3[C@@H]4CC[C@H]([C@H](C)N(C)C)[C@@]4(C)CC[C@@H]32)[C@H]1O. The van der Waals surface area contributed by atoms with Gasteiger partial charge in [0, 0.05) is 12.5 Å². The molecule has 0 aromatic rings. The van der Waals surface area contributed by atoms with E-state index in [1.54, 1.807) is 0 Å². The van der Waals surface area contributed by atoms with Crippen molar-refractivity contribution in [3.63, 3.8) is 0 Å². The number of carbonyl (C=O) groups is 1. The summed E-state index contributed by atoms with van der Waals surface area (Å²) >= 11 is 0. The summed E-state index contributed by atoms with van der Waals surface area (Å²) in [5.74, 6) is 3.59. The Morgan fingerprint density at radius 2 is 1.56 bits per heavy atom. The Balaban J connectivity index is 1.47. The second kappa shape index (κ2) is 9.54. The number of nitrogens with one attached hydrogen (secondary N) is 1. The van der Waals surface area contributed by atoms with Gasteiger partial charge in [0.05, 0.1) is 12.1 Å². The minimum absolute atomic E-state index is 0.0699. The fourth-order valence-electron chi connectivity index (χ4n) is 9.36. The number of aliphatic hydroxyl groups excluding tert-OH is 1. The van der Waals surface area contributed by atoms with Crippen molar-refractivity contribution in [2.24, 2.45) is 40.4 Å². The number of amides is 1. The Morgan fingerprint density at radius 3 is 2.21 bits per heavy atom. The van der Waals surface area contributed by atoms with E-state index in [2.05, 4.69) is 58.9 Å². The number of hydrogen-bond donors (Lipinski definition) is 2. The lowest BCUT2D eigenvalue weighted by Gasteiger charge is -2.62. The maximum atomic E-state index is 12.7. The molecule has 4 saturated carbocycles. The van der Waals surface area contributed by atoms with E-state index in [1.807, 2.05) is 6.92 Å². The molecule has 10 atom stereocenters. The van der Waals surface area contributed by atoms with E-state index < -0.39 is 6.10 Å². The highest BCUT2D eigenvalue weighted by molar-refractivity contribution is 5.78. The van der Waals surface area contributed by atoms with Crippen LogP contribution in [0.1, 0.15) is 99.3 Å². The molecule has 2 N–H and O–H groups in total. The lowest BCUT2D eigenvalue weighted by molar-refractivity contribution is -0.155. The van der Waals surface area contributed by atoms with E-state index >= 15 is 0 Å². The zero-order valence-electron chi connectivity index (χ0n) is 23.3. The summed E-state index contributed by atoms with van der Waals surface area (Å²) in [6.07, 6.45) is 9.94. The first kappa shape index (κ1) is 26.2. The highest BCUT2D eigenvalue weighted by Gasteiger charge is 2.62. The van der Waals surface area contributed by atoms with E-state index in [0.717, 1.165) is 48.5 Å². The average molecular weight is 473 g/mol. The lowest BCUT2D eigenvalue weighted by atomic mass is 9.44. The molecule has 4 rings (SSSR count). The number of rotatable bonds is 5. The molecule has 194 valence electrons. The van der Waals surface area contributed by atoms with Crippen LogP contribution in [-0.2, 0) is 4.79 Å². The highest BCUT2D eigenvalue weighted by Crippen LogP contribution is 2.67. The molecule has 0 spiro atoms. The van der Waals surface area contributed by atoms with Crippen molar-refractivity contribution >= 4 is 5.91 Å². The number of allylic oxidation sites excluding steroid dienone is 1. The summed E-state index contributed by atoms with van der Waals surface area (Å²) in [6, 6.07) is 0.562. The minimum atomic E-state index is -0.408. The van der Waals surface area contributed by atoms with Crippen molar-refractivity contribution in [2.45, 2.75) is 118 Å². The van der Waals surface area contributed by atoms with E-state index in [0.29, 0.717) is 23.8 Å². The van der Waals surface area contributed by atoms with Gasteiger partial charge in [-0.05, 0) is 134 Å². The molecule has 4 nitrogen and oxygen atoms in total. The summed E-state index contributed by atoms with van der Waals surface area (Å²) in [6.45, 7) is 13.7. The fourth-order valence-corrected chi connectivity index (χ4v) is 9.36. The zero-order valence-corrected chi connectivity index (χ0v) is 23.3. The zero-order chi connectivity index (χ0) is 25.0. The van der Waals surface area contributed by atoms with Crippen molar-refractivity contribution in [1.82, 2.24) is 10.2 Å². The molecular weight excluding hydrogens is 420 g/mol. The average Bonchev–Trinajstić information content (AvgIpc) is 3.12. The van der Waals surface area contributed by atoms with Crippen LogP contribution in [0.3, 0.4) is 0 Å². The molecule has 0 aromatic heterocycles. The number of fused-ring (bicyclic) bond motifs is 5. The van der Waals surface area contributed by atoms with Crippen LogP contribution in [0, 0.1) is 40.4 Å². The van der Waals surface area contributed by atoms with Gasteiger partial charge in [0.25, 0.3) is 0 Å². The molecule has 4 aliphatic carbocycles. The van der Waals surface area contributed by atoms with Gasteiger partial charge in [-0.25, -0.2) is 0 Å². The molecule has 4 fully saturated rings. The first-order valence-electron chi connectivity index (χ1n) is 14.2. The van der Waals surface area contributed by atoms with Crippen LogP contribution >= 0.6 is 0 Å². The molecular formula is C30H52N2O2. The van der Waals surface area contributed by atoms with Crippen molar-refractivity contribution < 1.29 is 9.90 Å². The lowest BCUT2D eigenvalue weighted by Crippen LogP contribution is -2.61. The van der Waals surface area contributed by atoms with Crippen molar-refractivity contribution in [1.29, 1.82) is 0 Å². The van der Waals surface area contributed by atoms with E-state index in [4.69, 9.17) is 0 Å². The van der Waals surface area contributed by atoms with Gasteiger partial charge in [-0.15, -0.1) is 0 Å². The van der Waals surface area contributed by atoms with E-state index in [9.17, 15) is 9.90 Å². The van der Waals surface area contributed by atoms with Crippen LogP contribution in [0.25, 0.3) is 0 Å². The van der Waals surface area contributed by atoms with Crippen LogP contribution in [0.2, 0.25) is 0 Å². The number of aliphatic hydroxyl groups is 1. The second-order valence-corrected chi connectivity index (χ2v) is 13.7. The molecule has 1 unspecified atom stereocenters.